The van der Waals surface area contributed by atoms with E-state index in [1.165, 1.54) is 12.8 Å². The van der Waals surface area contributed by atoms with Gasteiger partial charge in [0.25, 0.3) is 0 Å². The molecule has 0 saturated heterocycles. The topological polar surface area (TPSA) is 25.2 Å². The van der Waals surface area contributed by atoms with E-state index in [2.05, 4.69) is 19.2 Å². The SMILES string of the molecule is CCCCNC(C)c1ccco1.Cl. The molecule has 0 spiro atoms. The van der Waals surface area contributed by atoms with Crippen molar-refractivity contribution in [2.75, 3.05) is 6.54 Å². The first kappa shape index (κ1) is 12.5. The van der Waals surface area contributed by atoms with Gasteiger partial charge in [-0.1, -0.05) is 13.3 Å². The van der Waals surface area contributed by atoms with Gasteiger partial charge in [0.05, 0.1) is 12.3 Å². The molecule has 0 bridgehead atoms. The normalized spacial score (nSPS) is 12.2. The lowest BCUT2D eigenvalue weighted by molar-refractivity contribution is 0.428. The van der Waals surface area contributed by atoms with Crippen molar-refractivity contribution in [3.63, 3.8) is 0 Å². The van der Waals surface area contributed by atoms with Crippen LogP contribution in [-0.4, -0.2) is 6.54 Å². The van der Waals surface area contributed by atoms with Gasteiger partial charge in [0.2, 0.25) is 0 Å². The third-order valence-corrected chi connectivity index (χ3v) is 1.95. The predicted molar refractivity (Wildman–Crippen MR) is 57.3 cm³/mol. The molecular formula is C10H18ClNO. The molecule has 2 nitrogen and oxygen atoms in total. The Morgan fingerprint density at radius 2 is 2.31 bits per heavy atom. The second-order valence-electron chi connectivity index (χ2n) is 3.04. The first-order valence-corrected chi connectivity index (χ1v) is 4.61. The van der Waals surface area contributed by atoms with Gasteiger partial charge in [-0.2, -0.15) is 0 Å². The number of furan rings is 1. The van der Waals surface area contributed by atoms with E-state index in [1.807, 2.05) is 12.1 Å². The zero-order chi connectivity index (χ0) is 8.81. The maximum atomic E-state index is 5.26. The van der Waals surface area contributed by atoms with Crippen LogP contribution in [0.15, 0.2) is 22.8 Å². The summed E-state index contributed by atoms with van der Waals surface area (Å²) in [7, 11) is 0. The van der Waals surface area contributed by atoms with E-state index in [0.717, 1.165) is 12.3 Å². The van der Waals surface area contributed by atoms with Gasteiger partial charge >= 0.3 is 0 Å². The molecule has 0 aliphatic carbocycles. The van der Waals surface area contributed by atoms with Crippen molar-refractivity contribution in [2.45, 2.75) is 32.7 Å². The molecule has 76 valence electrons. The number of halogens is 1. The Balaban J connectivity index is 0.00000144. The van der Waals surface area contributed by atoms with Gasteiger partial charge in [-0.15, -0.1) is 12.4 Å². The standard InChI is InChI=1S/C10H17NO.ClH/c1-3-4-7-11-9(2)10-6-5-8-12-10;/h5-6,8-9,11H,3-4,7H2,1-2H3;1H. The quantitative estimate of drug-likeness (QED) is 0.744. The molecule has 1 rings (SSSR count). The smallest absolute Gasteiger partial charge is 0.120 e. The molecule has 1 unspecified atom stereocenters. The average Bonchev–Trinajstić information content (AvgIpc) is 2.56. The van der Waals surface area contributed by atoms with Crippen molar-refractivity contribution in [1.82, 2.24) is 5.32 Å². The largest absolute Gasteiger partial charge is 0.468 e. The number of hydrogen-bond donors (Lipinski definition) is 1. The highest BCUT2D eigenvalue weighted by atomic mass is 35.5. The molecule has 1 aromatic heterocycles. The lowest BCUT2D eigenvalue weighted by Crippen LogP contribution is -2.19. The summed E-state index contributed by atoms with van der Waals surface area (Å²) in [5, 5.41) is 3.39. The Labute approximate surface area is 86.1 Å². The number of unbranched alkanes of at least 4 members (excludes halogenated alkanes) is 1. The molecule has 1 atom stereocenters. The van der Waals surface area contributed by atoms with Crippen LogP contribution in [0.5, 0.6) is 0 Å². The molecule has 0 radical (unpaired) electrons. The minimum Gasteiger partial charge on any atom is -0.468 e. The molecule has 0 amide bonds. The summed E-state index contributed by atoms with van der Waals surface area (Å²) in [5.74, 6) is 1.02. The molecule has 0 aliphatic heterocycles. The monoisotopic (exact) mass is 203 g/mol. The Morgan fingerprint density at radius 1 is 1.54 bits per heavy atom. The lowest BCUT2D eigenvalue weighted by Gasteiger charge is -2.09. The van der Waals surface area contributed by atoms with Crippen LogP contribution in [-0.2, 0) is 0 Å². The van der Waals surface area contributed by atoms with Crippen LogP contribution in [0.3, 0.4) is 0 Å². The van der Waals surface area contributed by atoms with Gasteiger partial charge in [0, 0.05) is 0 Å². The molecule has 1 N–H and O–H groups in total. The molecule has 1 heterocycles. The van der Waals surface area contributed by atoms with Crippen molar-refractivity contribution in [3.05, 3.63) is 24.2 Å². The Bertz CT molecular complexity index is 199. The Kier molecular flexibility index (Phi) is 6.73. The zero-order valence-electron chi connectivity index (χ0n) is 8.25. The van der Waals surface area contributed by atoms with E-state index >= 15 is 0 Å². The molecular weight excluding hydrogens is 186 g/mol. The number of hydrogen-bond acceptors (Lipinski definition) is 2. The number of rotatable bonds is 5. The fourth-order valence-electron chi connectivity index (χ4n) is 1.13. The van der Waals surface area contributed by atoms with Gasteiger partial charge < -0.3 is 9.73 Å². The minimum absolute atomic E-state index is 0. The fraction of sp³-hybridized carbons (Fsp3) is 0.600. The maximum Gasteiger partial charge on any atom is 0.120 e. The second-order valence-corrected chi connectivity index (χ2v) is 3.04. The van der Waals surface area contributed by atoms with E-state index in [9.17, 15) is 0 Å². The average molecular weight is 204 g/mol. The molecule has 0 saturated carbocycles. The number of nitrogens with one attached hydrogen (secondary N) is 1. The molecule has 0 fully saturated rings. The second kappa shape index (κ2) is 6.98. The summed E-state index contributed by atoms with van der Waals surface area (Å²) in [6.07, 6.45) is 4.18. The molecule has 1 aromatic rings. The van der Waals surface area contributed by atoms with Gasteiger partial charge in [-0.3, -0.25) is 0 Å². The third kappa shape index (κ3) is 4.34. The molecule has 3 heteroatoms. The van der Waals surface area contributed by atoms with E-state index in [1.54, 1.807) is 6.26 Å². The van der Waals surface area contributed by atoms with E-state index in [4.69, 9.17) is 4.42 Å². The summed E-state index contributed by atoms with van der Waals surface area (Å²) >= 11 is 0. The fourth-order valence-corrected chi connectivity index (χ4v) is 1.13. The maximum absolute atomic E-state index is 5.26. The van der Waals surface area contributed by atoms with Crippen LogP contribution < -0.4 is 5.32 Å². The van der Waals surface area contributed by atoms with Crippen molar-refractivity contribution >= 4 is 12.4 Å². The molecule has 0 aromatic carbocycles. The van der Waals surface area contributed by atoms with Crippen LogP contribution in [0, 0.1) is 0 Å². The van der Waals surface area contributed by atoms with Gasteiger partial charge in [0.15, 0.2) is 0 Å². The first-order chi connectivity index (χ1) is 5.84. The van der Waals surface area contributed by atoms with Gasteiger partial charge in [-0.05, 0) is 32.0 Å². The van der Waals surface area contributed by atoms with Crippen LogP contribution in [0.2, 0.25) is 0 Å². The lowest BCUT2D eigenvalue weighted by atomic mass is 10.2. The minimum atomic E-state index is 0. The van der Waals surface area contributed by atoms with Crippen molar-refractivity contribution in [1.29, 1.82) is 0 Å². The third-order valence-electron chi connectivity index (χ3n) is 1.95. The Morgan fingerprint density at radius 3 is 2.85 bits per heavy atom. The summed E-state index contributed by atoms with van der Waals surface area (Å²) in [4.78, 5) is 0. The van der Waals surface area contributed by atoms with Crippen molar-refractivity contribution in [2.24, 2.45) is 0 Å². The molecule has 0 aliphatic rings. The van der Waals surface area contributed by atoms with Crippen molar-refractivity contribution in [3.8, 4) is 0 Å². The van der Waals surface area contributed by atoms with Crippen LogP contribution >= 0.6 is 12.4 Å². The first-order valence-electron chi connectivity index (χ1n) is 4.61. The van der Waals surface area contributed by atoms with E-state index < -0.39 is 0 Å². The van der Waals surface area contributed by atoms with Crippen LogP contribution in [0.4, 0.5) is 0 Å². The molecule has 13 heavy (non-hydrogen) atoms. The van der Waals surface area contributed by atoms with E-state index in [0.29, 0.717) is 6.04 Å². The summed E-state index contributed by atoms with van der Waals surface area (Å²) in [5.41, 5.74) is 0. The highest BCUT2D eigenvalue weighted by Gasteiger charge is 2.05. The van der Waals surface area contributed by atoms with E-state index in [-0.39, 0.29) is 12.4 Å². The van der Waals surface area contributed by atoms with Crippen molar-refractivity contribution < 1.29 is 4.42 Å². The highest BCUT2D eigenvalue weighted by Crippen LogP contribution is 2.11. The zero-order valence-corrected chi connectivity index (χ0v) is 9.06. The summed E-state index contributed by atoms with van der Waals surface area (Å²) in [6, 6.07) is 4.27. The van der Waals surface area contributed by atoms with Gasteiger partial charge in [0.1, 0.15) is 5.76 Å². The predicted octanol–water partition coefficient (Wildman–Crippen LogP) is 3.15. The van der Waals surface area contributed by atoms with Crippen LogP contribution in [0.1, 0.15) is 38.5 Å². The summed E-state index contributed by atoms with van der Waals surface area (Å²) < 4.78 is 5.26. The highest BCUT2D eigenvalue weighted by molar-refractivity contribution is 5.85. The van der Waals surface area contributed by atoms with Crippen LogP contribution in [0.25, 0.3) is 0 Å². The Hall–Kier alpha value is -0.470. The van der Waals surface area contributed by atoms with Gasteiger partial charge in [-0.25, -0.2) is 0 Å². The summed E-state index contributed by atoms with van der Waals surface area (Å²) in [6.45, 7) is 5.38.